The van der Waals surface area contributed by atoms with Gasteiger partial charge in [-0.3, -0.25) is 4.79 Å². The van der Waals surface area contributed by atoms with Crippen molar-refractivity contribution in [1.29, 1.82) is 0 Å². The molecule has 0 aromatic carbocycles. The highest BCUT2D eigenvalue weighted by atomic mass is 16.3. The van der Waals surface area contributed by atoms with Gasteiger partial charge in [0.2, 0.25) is 0 Å². The van der Waals surface area contributed by atoms with E-state index >= 15 is 0 Å². The number of carbonyl (C=O) groups is 1. The second-order valence-corrected chi connectivity index (χ2v) is 4.15. The molecule has 0 heterocycles. The summed E-state index contributed by atoms with van der Waals surface area (Å²) in [6, 6.07) is 0. The molecule has 1 aliphatic carbocycles. The van der Waals surface area contributed by atoms with Crippen LogP contribution in [0.4, 0.5) is 0 Å². The first-order valence-corrected chi connectivity index (χ1v) is 5.71. The Morgan fingerprint density at radius 3 is 2.47 bits per heavy atom. The zero-order valence-electron chi connectivity index (χ0n) is 9.28. The molecule has 0 bridgehead atoms. The van der Waals surface area contributed by atoms with Gasteiger partial charge in [0.25, 0.3) is 0 Å². The molecule has 0 aliphatic heterocycles. The number of Topliss-reactive ketones (excluding diaryl/α,β-unsaturated/α-hetero) is 1. The van der Waals surface area contributed by atoms with Gasteiger partial charge in [-0.15, -0.1) is 0 Å². The summed E-state index contributed by atoms with van der Waals surface area (Å²) in [5, 5.41) is 18.1. The summed E-state index contributed by atoms with van der Waals surface area (Å²) in [5.74, 6) is -0.529. The molecular weight excluding hydrogens is 192 g/mol. The number of hydrogen-bond donors (Lipinski definition) is 2. The van der Waals surface area contributed by atoms with E-state index < -0.39 is 5.92 Å². The normalized spacial score (nSPS) is 25.8. The number of allylic oxidation sites excluding steroid dienone is 1. The molecule has 0 fully saturated rings. The lowest BCUT2D eigenvalue weighted by Gasteiger charge is -2.11. The van der Waals surface area contributed by atoms with Crippen LogP contribution in [0.5, 0.6) is 0 Å². The molecule has 2 unspecified atom stereocenters. The first-order chi connectivity index (χ1) is 7.24. The van der Waals surface area contributed by atoms with E-state index in [0.29, 0.717) is 0 Å². The smallest absolute Gasteiger partial charge is 0.164 e. The van der Waals surface area contributed by atoms with Crippen molar-refractivity contribution >= 4 is 5.78 Å². The van der Waals surface area contributed by atoms with Gasteiger partial charge in [-0.2, -0.15) is 0 Å². The number of aliphatic hydroxyl groups excluding tert-OH is 2. The average Bonchev–Trinajstić information content (AvgIpc) is 2.55. The highest BCUT2D eigenvalue weighted by Gasteiger charge is 2.33. The summed E-state index contributed by atoms with van der Waals surface area (Å²) in [5.41, 5.74) is 0.807. The Kier molecular flexibility index (Phi) is 4.99. The Morgan fingerprint density at radius 1 is 1.27 bits per heavy atom. The van der Waals surface area contributed by atoms with Crippen LogP contribution in [0.1, 0.15) is 32.6 Å². The summed E-state index contributed by atoms with van der Waals surface area (Å²) in [6.45, 7) is 1.92. The van der Waals surface area contributed by atoms with Gasteiger partial charge in [-0.05, 0) is 18.4 Å². The van der Waals surface area contributed by atoms with Crippen LogP contribution in [0, 0.1) is 11.8 Å². The van der Waals surface area contributed by atoms with Crippen LogP contribution in [0.2, 0.25) is 0 Å². The maximum atomic E-state index is 11.8. The number of ketones is 1. The van der Waals surface area contributed by atoms with E-state index in [-0.39, 0.29) is 24.9 Å². The molecule has 0 saturated heterocycles. The molecule has 2 N–H and O–H groups in total. The maximum Gasteiger partial charge on any atom is 0.164 e. The van der Waals surface area contributed by atoms with Gasteiger partial charge in [0, 0.05) is 5.92 Å². The molecule has 3 nitrogen and oxygen atoms in total. The lowest BCUT2D eigenvalue weighted by atomic mass is 9.95. The van der Waals surface area contributed by atoms with Gasteiger partial charge in [0.15, 0.2) is 5.78 Å². The van der Waals surface area contributed by atoms with Crippen LogP contribution >= 0.6 is 0 Å². The number of rotatable bonds is 6. The molecule has 3 heteroatoms. The molecule has 0 spiro atoms. The first kappa shape index (κ1) is 12.4. The minimum atomic E-state index is -0.397. The summed E-state index contributed by atoms with van der Waals surface area (Å²) in [6.07, 6.45) is 5.91. The van der Waals surface area contributed by atoms with E-state index in [9.17, 15) is 4.79 Å². The molecule has 15 heavy (non-hydrogen) atoms. The minimum absolute atomic E-state index is 0.0349. The van der Waals surface area contributed by atoms with Crippen LogP contribution in [-0.4, -0.2) is 29.2 Å². The first-order valence-electron chi connectivity index (χ1n) is 5.71. The van der Waals surface area contributed by atoms with Gasteiger partial charge >= 0.3 is 0 Å². The van der Waals surface area contributed by atoms with Gasteiger partial charge in [0.05, 0.1) is 19.1 Å². The van der Waals surface area contributed by atoms with Crippen molar-refractivity contribution in [3.63, 3.8) is 0 Å². The number of hydrogen-bond acceptors (Lipinski definition) is 3. The topological polar surface area (TPSA) is 57.5 Å². The molecule has 0 aromatic rings. The molecule has 86 valence electrons. The monoisotopic (exact) mass is 212 g/mol. The highest BCUT2D eigenvalue weighted by Crippen LogP contribution is 2.29. The largest absolute Gasteiger partial charge is 0.396 e. The van der Waals surface area contributed by atoms with Gasteiger partial charge in [0.1, 0.15) is 0 Å². The molecule has 0 aromatic heterocycles. The van der Waals surface area contributed by atoms with Crippen molar-refractivity contribution in [1.82, 2.24) is 0 Å². The summed E-state index contributed by atoms with van der Waals surface area (Å²) >= 11 is 0. The van der Waals surface area contributed by atoms with Gasteiger partial charge in [-0.25, -0.2) is 0 Å². The van der Waals surface area contributed by atoms with E-state index in [4.69, 9.17) is 10.2 Å². The second kappa shape index (κ2) is 6.03. The molecule has 1 rings (SSSR count). The maximum absolute atomic E-state index is 11.8. The fraction of sp³-hybridized carbons (Fsp3) is 0.750. The second-order valence-electron chi connectivity index (χ2n) is 4.15. The predicted molar refractivity (Wildman–Crippen MR) is 58.4 cm³/mol. The van der Waals surface area contributed by atoms with Crippen molar-refractivity contribution in [3.8, 4) is 0 Å². The average molecular weight is 212 g/mol. The van der Waals surface area contributed by atoms with Gasteiger partial charge < -0.3 is 10.2 Å². The third-order valence-corrected chi connectivity index (χ3v) is 3.04. The van der Waals surface area contributed by atoms with Gasteiger partial charge in [-0.1, -0.05) is 25.8 Å². The van der Waals surface area contributed by atoms with Crippen LogP contribution < -0.4 is 0 Å². The van der Waals surface area contributed by atoms with E-state index in [1.807, 2.05) is 6.08 Å². The SMILES string of the molecule is CCCCCC1=CC(CO)C(CO)C1=O. The van der Waals surface area contributed by atoms with Crippen molar-refractivity contribution in [2.45, 2.75) is 32.6 Å². The fourth-order valence-electron chi connectivity index (χ4n) is 2.06. The van der Waals surface area contributed by atoms with Crippen molar-refractivity contribution in [2.75, 3.05) is 13.2 Å². The Hall–Kier alpha value is -0.670. The third-order valence-electron chi connectivity index (χ3n) is 3.04. The molecular formula is C12H20O3. The standard InChI is InChI=1S/C12H20O3/c1-2-3-4-5-9-6-10(7-13)11(8-14)12(9)15/h6,10-11,13-14H,2-5,7-8H2,1H3. The Morgan fingerprint density at radius 2 is 2.00 bits per heavy atom. The quantitative estimate of drug-likeness (QED) is 0.652. The summed E-state index contributed by atoms with van der Waals surface area (Å²) < 4.78 is 0. The van der Waals surface area contributed by atoms with Crippen LogP contribution in [0.3, 0.4) is 0 Å². The molecule has 0 saturated carbocycles. The molecule has 0 amide bonds. The highest BCUT2D eigenvalue weighted by molar-refractivity contribution is 6.00. The van der Waals surface area contributed by atoms with Crippen molar-refractivity contribution in [3.05, 3.63) is 11.6 Å². The number of aliphatic hydroxyl groups is 2. The fourth-order valence-corrected chi connectivity index (χ4v) is 2.06. The van der Waals surface area contributed by atoms with Crippen molar-refractivity contribution in [2.24, 2.45) is 11.8 Å². The zero-order valence-corrected chi connectivity index (χ0v) is 9.28. The van der Waals surface area contributed by atoms with E-state index in [1.165, 1.54) is 0 Å². The lowest BCUT2D eigenvalue weighted by Crippen LogP contribution is -2.23. The number of carbonyl (C=O) groups excluding carboxylic acids is 1. The van der Waals surface area contributed by atoms with Crippen LogP contribution in [0.15, 0.2) is 11.6 Å². The van der Waals surface area contributed by atoms with E-state index in [1.54, 1.807) is 0 Å². The number of unbranched alkanes of at least 4 members (excludes halogenated alkanes) is 2. The molecule has 2 atom stereocenters. The van der Waals surface area contributed by atoms with E-state index in [2.05, 4.69) is 6.92 Å². The van der Waals surface area contributed by atoms with Crippen LogP contribution in [-0.2, 0) is 4.79 Å². The Labute approximate surface area is 90.8 Å². The minimum Gasteiger partial charge on any atom is -0.396 e. The van der Waals surface area contributed by atoms with Crippen LogP contribution in [0.25, 0.3) is 0 Å². The Balaban J connectivity index is 2.54. The van der Waals surface area contributed by atoms with Crippen molar-refractivity contribution < 1.29 is 15.0 Å². The van der Waals surface area contributed by atoms with E-state index in [0.717, 1.165) is 31.3 Å². The summed E-state index contributed by atoms with van der Waals surface area (Å²) in [4.78, 5) is 11.8. The Bertz CT molecular complexity index is 245. The zero-order chi connectivity index (χ0) is 11.3. The molecule has 1 aliphatic rings. The predicted octanol–water partition coefficient (Wildman–Crippen LogP) is 1.29. The summed E-state index contributed by atoms with van der Waals surface area (Å²) in [7, 11) is 0. The molecule has 0 radical (unpaired) electrons. The third kappa shape index (κ3) is 2.89. The lowest BCUT2D eigenvalue weighted by molar-refractivity contribution is -0.120.